The van der Waals surface area contributed by atoms with Crippen molar-refractivity contribution in [3.63, 3.8) is 0 Å². The van der Waals surface area contributed by atoms with Crippen LogP contribution in [0.5, 0.6) is 0 Å². The van der Waals surface area contributed by atoms with Gasteiger partial charge in [0.25, 0.3) is 0 Å². The molecular weight excluding hydrogens is 293 g/mol. The lowest BCUT2D eigenvalue weighted by Crippen LogP contribution is -2.26. The Kier molecular flexibility index (Phi) is 3.99. The SMILES string of the molecule is CNC(=O)CNc1ccc(I)cc1N. The molecule has 0 saturated heterocycles. The van der Waals surface area contributed by atoms with Gasteiger partial charge in [-0.25, -0.2) is 0 Å². The van der Waals surface area contributed by atoms with Crippen LogP contribution >= 0.6 is 22.6 Å². The van der Waals surface area contributed by atoms with Gasteiger partial charge in [0.15, 0.2) is 0 Å². The number of rotatable bonds is 3. The Morgan fingerprint density at radius 2 is 2.29 bits per heavy atom. The van der Waals surface area contributed by atoms with Gasteiger partial charge in [0.1, 0.15) is 0 Å². The van der Waals surface area contributed by atoms with Crippen molar-refractivity contribution in [1.82, 2.24) is 5.32 Å². The minimum Gasteiger partial charge on any atom is -0.397 e. The van der Waals surface area contributed by atoms with E-state index in [1.807, 2.05) is 18.2 Å². The molecule has 0 spiro atoms. The van der Waals surface area contributed by atoms with Crippen LogP contribution < -0.4 is 16.4 Å². The second-order valence-corrected chi connectivity index (χ2v) is 4.00. The van der Waals surface area contributed by atoms with Gasteiger partial charge in [0.05, 0.1) is 17.9 Å². The van der Waals surface area contributed by atoms with E-state index in [1.54, 1.807) is 7.05 Å². The number of carbonyl (C=O) groups excluding carboxylic acids is 1. The van der Waals surface area contributed by atoms with Gasteiger partial charge in [0, 0.05) is 10.6 Å². The Bertz CT molecular complexity index is 341. The third kappa shape index (κ3) is 3.06. The highest BCUT2D eigenvalue weighted by Crippen LogP contribution is 2.20. The fourth-order valence-electron chi connectivity index (χ4n) is 0.958. The number of likely N-dealkylation sites (N-methyl/N-ethyl adjacent to an activating group) is 1. The first-order chi connectivity index (χ1) is 6.63. The van der Waals surface area contributed by atoms with Gasteiger partial charge >= 0.3 is 0 Å². The molecule has 1 rings (SSSR count). The first-order valence-corrected chi connectivity index (χ1v) is 5.21. The maximum Gasteiger partial charge on any atom is 0.239 e. The van der Waals surface area contributed by atoms with Gasteiger partial charge in [-0.1, -0.05) is 0 Å². The third-order valence-electron chi connectivity index (χ3n) is 1.73. The fourth-order valence-corrected chi connectivity index (χ4v) is 1.47. The zero-order valence-corrected chi connectivity index (χ0v) is 9.96. The summed E-state index contributed by atoms with van der Waals surface area (Å²) < 4.78 is 1.07. The zero-order chi connectivity index (χ0) is 10.6. The number of halogens is 1. The van der Waals surface area contributed by atoms with Crippen LogP contribution in [-0.4, -0.2) is 19.5 Å². The summed E-state index contributed by atoms with van der Waals surface area (Å²) in [4.78, 5) is 10.9. The van der Waals surface area contributed by atoms with Crippen LogP contribution in [0.2, 0.25) is 0 Å². The molecule has 1 aromatic carbocycles. The number of hydrogen-bond donors (Lipinski definition) is 3. The molecule has 1 amide bonds. The lowest BCUT2D eigenvalue weighted by Gasteiger charge is -2.08. The first-order valence-electron chi connectivity index (χ1n) is 4.13. The van der Waals surface area contributed by atoms with Crippen LogP contribution in [0.3, 0.4) is 0 Å². The van der Waals surface area contributed by atoms with Crippen LogP contribution in [0.1, 0.15) is 0 Å². The molecule has 0 aromatic heterocycles. The number of hydrogen-bond acceptors (Lipinski definition) is 3. The Morgan fingerprint density at radius 3 is 2.86 bits per heavy atom. The molecule has 0 aliphatic rings. The number of nitrogens with two attached hydrogens (primary N) is 1. The average Bonchev–Trinajstić information content (AvgIpc) is 2.16. The highest BCUT2D eigenvalue weighted by Gasteiger charge is 2.01. The van der Waals surface area contributed by atoms with Gasteiger partial charge in [-0.3, -0.25) is 4.79 Å². The normalized spacial score (nSPS) is 9.57. The van der Waals surface area contributed by atoms with E-state index >= 15 is 0 Å². The molecule has 0 heterocycles. The third-order valence-corrected chi connectivity index (χ3v) is 2.40. The van der Waals surface area contributed by atoms with Crippen molar-refractivity contribution in [3.8, 4) is 0 Å². The molecule has 14 heavy (non-hydrogen) atoms. The van der Waals surface area contributed by atoms with E-state index in [2.05, 4.69) is 33.2 Å². The lowest BCUT2D eigenvalue weighted by atomic mass is 10.2. The van der Waals surface area contributed by atoms with Gasteiger partial charge in [-0.2, -0.15) is 0 Å². The minimum absolute atomic E-state index is 0.0667. The van der Waals surface area contributed by atoms with Crippen LogP contribution in [-0.2, 0) is 4.79 Å². The monoisotopic (exact) mass is 305 g/mol. The summed E-state index contributed by atoms with van der Waals surface area (Å²) in [5.41, 5.74) is 7.19. The molecule has 0 unspecified atom stereocenters. The van der Waals surface area contributed by atoms with Crippen molar-refractivity contribution in [3.05, 3.63) is 21.8 Å². The minimum atomic E-state index is -0.0667. The lowest BCUT2D eigenvalue weighted by molar-refractivity contribution is -0.118. The molecule has 4 nitrogen and oxygen atoms in total. The number of nitrogens with one attached hydrogen (secondary N) is 2. The quantitative estimate of drug-likeness (QED) is 0.577. The van der Waals surface area contributed by atoms with E-state index in [9.17, 15) is 4.79 Å². The Labute approximate surface area is 96.4 Å². The summed E-state index contributed by atoms with van der Waals surface area (Å²) in [6, 6.07) is 5.65. The van der Waals surface area contributed by atoms with Crippen molar-refractivity contribution in [2.24, 2.45) is 0 Å². The highest BCUT2D eigenvalue weighted by molar-refractivity contribution is 14.1. The highest BCUT2D eigenvalue weighted by atomic mass is 127. The molecule has 0 saturated carbocycles. The molecule has 0 atom stereocenters. The summed E-state index contributed by atoms with van der Waals surface area (Å²) in [7, 11) is 1.60. The molecule has 0 fully saturated rings. The molecule has 4 N–H and O–H groups in total. The molecule has 0 aliphatic heterocycles. The largest absolute Gasteiger partial charge is 0.397 e. The first kappa shape index (κ1) is 11.1. The Hall–Kier alpha value is -0.980. The molecule has 1 aromatic rings. The van der Waals surface area contributed by atoms with Crippen LogP contribution in [0.25, 0.3) is 0 Å². The average molecular weight is 305 g/mol. The number of carbonyl (C=O) groups is 1. The summed E-state index contributed by atoms with van der Waals surface area (Å²) in [6.07, 6.45) is 0. The number of nitrogen functional groups attached to an aromatic ring is 1. The number of amides is 1. The Balaban J connectivity index is 2.63. The summed E-state index contributed by atoms with van der Waals surface area (Å²) in [6.45, 7) is 0.237. The van der Waals surface area contributed by atoms with Gasteiger partial charge in [-0.15, -0.1) is 0 Å². The van der Waals surface area contributed by atoms with Crippen LogP contribution in [0.15, 0.2) is 18.2 Å². The second-order valence-electron chi connectivity index (χ2n) is 2.76. The predicted molar refractivity (Wildman–Crippen MR) is 66.1 cm³/mol. The predicted octanol–water partition coefficient (Wildman–Crippen LogP) is 1.03. The maximum atomic E-state index is 10.9. The molecular formula is C9H12IN3O. The standard InChI is InChI=1S/C9H12IN3O/c1-12-9(14)5-13-8-3-2-6(10)4-7(8)11/h2-4,13H,5,11H2,1H3,(H,12,14). The van der Waals surface area contributed by atoms with Crippen LogP contribution in [0.4, 0.5) is 11.4 Å². The van der Waals surface area contributed by atoms with Gasteiger partial charge in [0.2, 0.25) is 5.91 Å². The van der Waals surface area contributed by atoms with Crippen molar-refractivity contribution in [2.45, 2.75) is 0 Å². The Morgan fingerprint density at radius 1 is 1.57 bits per heavy atom. The van der Waals surface area contributed by atoms with E-state index in [0.29, 0.717) is 5.69 Å². The second kappa shape index (κ2) is 5.04. The van der Waals surface area contributed by atoms with Crippen molar-refractivity contribution in [1.29, 1.82) is 0 Å². The summed E-state index contributed by atoms with van der Waals surface area (Å²) in [5.74, 6) is -0.0667. The van der Waals surface area contributed by atoms with Crippen molar-refractivity contribution >= 4 is 39.9 Å². The summed E-state index contributed by atoms with van der Waals surface area (Å²) >= 11 is 2.18. The van der Waals surface area contributed by atoms with E-state index in [-0.39, 0.29) is 12.5 Å². The van der Waals surface area contributed by atoms with E-state index in [4.69, 9.17) is 5.73 Å². The van der Waals surface area contributed by atoms with Crippen molar-refractivity contribution < 1.29 is 4.79 Å². The van der Waals surface area contributed by atoms with Gasteiger partial charge in [-0.05, 0) is 40.8 Å². The molecule has 5 heteroatoms. The smallest absolute Gasteiger partial charge is 0.239 e. The van der Waals surface area contributed by atoms with Crippen LogP contribution in [0, 0.1) is 3.57 Å². The molecule has 0 radical (unpaired) electrons. The maximum absolute atomic E-state index is 10.9. The number of anilines is 2. The fraction of sp³-hybridized carbons (Fsp3) is 0.222. The number of benzene rings is 1. The van der Waals surface area contributed by atoms with E-state index < -0.39 is 0 Å². The topological polar surface area (TPSA) is 67.2 Å². The summed E-state index contributed by atoms with van der Waals surface area (Å²) in [5, 5.41) is 5.47. The van der Waals surface area contributed by atoms with Crippen molar-refractivity contribution in [2.75, 3.05) is 24.6 Å². The van der Waals surface area contributed by atoms with E-state index in [1.165, 1.54) is 0 Å². The van der Waals surface area contributed by atoms with E-state index in [0.717, 1.165) is 9.26 Å². The van der Waals surface area contributed by atoms with Gasteiger partial charge < -0.3 is 16.4 Å². The molecule has 0 aliphatic carbocycles. The molecule has 76 valence electrons. The zero-order valence-electron chi connectivity index (χ0n) is 7.80. The molecule has 0 bridgehead atoms.